The first-order valence-corrected chi connectivity index (χ1v) is 10.5. The fraction of sp³-hybridized carbons (Fsp3) is 0.714. The number of nitrogens with zero attached hydrogens (tertiary/aromatic N) is 4. The molecule has 3 rings (SSSR count). The van der Waals surface area contributed by atoms with E-state index in [1.165, 1.54) is 5.56 Å². The number of piperazine rings is 2. The van der Waals surface area contributed by atoms with Crippen LogP contribution < -0.4 is 0 Å². The number of aliphatic hydroxyl groups excluding tert-OH is 2. The molecule has 0 spiro atoms. The second kappa shape index (κ2) is 10.5. The van der Waals surface area contributed by atoms with Crippen LogP contribution in [0.1, 0.15) is 16.7 Å². The second-order valence-corrected chi connectivity index (χ2v) is 8.11. The molecule has 1 aromatic rings. The van der Waals surface area contributed by atoms with E-state index in [1.807, 2.05) is 0 Å². The molecule has 0 unspecified atom stereocenters. The van der Waals surface area contributed by atoms with Gasteiger partial charge in [0.05, 0.1) is 13.2 Å². The van der Waals surface area contributed by atoms with Crippen LogP contribution in [0.15, 0.2) is 12.1 Å². The first kappa shape index (κ1) is 21.5. The van der Waals surface area contributed by atoms with Gasteiger partial charge >= 0.3 is 0 Å². The maximum atomic E-state index is 10.9. The van der Waals surface area contributed by atoms with E-state index in [0.29, 0.717) is 5.75 Å². The Labute approximate surface area is 168 Å². The minimum atomic E-state index is 0.219. The van der Waals surface area contributed by atoms with Crippen molar-refractivity contribution in [1.29, 1.82) is 0 Å². The summed E-state index contributed by atoms with van der Waals surface area (Å²) in [5.74, 6) is 0.446. The molecular formula is C21H36N4O3. The molecule has 0 aliphatic carbocycles. The number of rotatable bonds is 8. The SMILES string of the molecule is Cc1cc(CN2CCN(CCO)CC2)c(O)c(CN2CCN(CCO)CC2)c1. The molecule has 2 fully saturated rings. The Hall–Kier alpha value is -1.22. The highest BCUT2D eigenvalue weighted by molar-refractivity contribution is 5.43. The number of benzene rings is 1. The average Bonchev–Trinajstić information content (AvgIpc) is 2.69. The summed E-state index contributed by atoms with van der Waals surface area (Å²) in [4.78, 5) is 9.35. The van der Waals surface area contributed by atoms with Gasteiger partial charge in [-0.2, -0.15) is 0 Å². The minimum absolute atomic E-state index is 0.219. The lowest BCUT2D eigenvalue weighted by atomic mass is 10.0. The lowest BCUT2D eigenvalue weighted by Gasteiger charge is -2.35. The maximum Gasteiger partial charge on any atom is 0.124 e. The zero-order valence-corrected chi connectivity index (χ0v) is 17.2. The first-order valence-electron chi connectivity index (χ1n) is 10.5. The molecule has 0 bridgehead atoms. The van der Waals surface area contributed by atoms with Gasteiger partial charge in [0.15, 0.2) is 0 Å². The molecule has 1 aromatic carbocycles. The molecule has 0 atom stereocenters. The number of aryl methyl sites for hydroxylation is 1. The molecule has 7 nitrogen and oxygen atoms in total. The zero-order chi connectivity index (χ0) is 19.9. The van der Waals surface area contributed by atoms with Gasteiger partial charge in [0.1, 0.15) is 5.75 Å². The third-order valence-electron chi connectivity index (χ3n) is 5.96. The van der Waals surface area contributed by atoms with Crippen molar-refractivity contribution in [3.8, 4) is 5.75 Å². The molecule has 2 heterocycles. The summed E-state index contributed by atoms with van der Waals surface area (Å²) in [5, 5.41) is 29.1. The number of aromatic hydroxyl groups is 1. The molecule has 0 amide bonds. The van der Waals surface area contributed by atoms with Crippen LogP contribution in [-0.2, 0) is 13.1 Å². The van der Waals surface area contributed by atoms with Crippen molar-refractivity contribution >= 4 is 0 Å². The van der Waals surface area contributed by atoms with E-state index in [-0.39, 0.29) is 13.2 Å². The average molecular weight is 393 g/mol. The van der Waals surface area contributed by atoms with E-state index in [4.69, 9.17) is 10.2 Å². The summed E-state index contributed by atoms with van der Waals surface area (Å²) in [6, 6.07) is 4.22. The fourth-order valence-corrected chi connectivity index (χ4v) is 4.28. The van der Waals surface area contributed by atoms with Gasteiger partial charge in [-0.25, -0.2) is 0 Å². The predicted octanol–water partition coefficient (Wildman–Crippen LogP) is -0.0796. The molecule has 3 N–H and O–H groups in total. The van der Waals surface area contributed by atoms with Crippen molar-refractivity contribution < 1.29 is 15.3 Å². The highest BCUT2D eigenvalue weighted by atomic mass is 16.3. The summed E-state index contributed by atoms with van der Waals surface area (Å²) in [6.07, 6.45) is 0. The highest BCUT2D eigenvalue weighted by Crippen LogP contribution is 2.28. The fourth-order valence-electron chi connectivity index (χ4n) is 4.28. The van der Waals surface area contributed by atoms with Crippen molar-refractivity contribution in [2.45, 2.75) is 20.0 Å². The summed E-state index contributed by atoms with van der Waals surface area (Å²) in [7, 11) is 0. The van der Waals surface area contributed by atoms with Crippen LogP contribution in [0.25, 0.3) is 0 Å². The lowest BCUT2D eigenvalue weighted by molar-refractivity contribution is 0.106. The van der Waals surface area contributed by atoms with Crippen molar-refractivity contribution in [3.63, 3.8) is 0 Å². The number of hydrogen-bond acceptors (Lipinski definition) is 7. The number of phenolic OH excluding ortho intramolecular Hbond substituents is 1. The second-order valence-electron chi connectivity index (χ2n) is 8.11. The molecule has 2 aliphatic rings. The summed E-state index contributed by atoms with van der Waals surface area (Å²) >= 11 is 0. The molecule has 2 aliphatic heterocycles. The van der Waals surface area contributed by atoms with Gasteiger partial charge in [0.2, 0.25) is 0 Å². The van der Waals surface area contributed by atoms with E-state index in [1.54, 1.807) is 0 Å². The maximum absolute atomic E-state index is 10.9. The van der Waals surface area contributed by atoms with Gasteiger partial charge in [-0.1, -0.05) is 17.7 Å². The molecule has 2 saturated heterocycles. The van der Waals surface area contributed by atoms with E-state index in [2.05, 4.69) is 38.7 Å². The number of aliphatic hydroxyl groups is 2. The van der Waals surface area contributed by atoms with Crippen LogP contribution in [0.4, 0.5) is 0 Å². The molecule has 0 aromatic heterocycles. The van der Waals surface area contributed by atoms with Gasteiger partial charge in [-0.05, 0) is 6.92 Å². The zero-order valence-electron chi connectivity index (χ0n) is 17.2. The van der Waals surface area contributed by atoms with Crippen molar-refractivity contribution in [2.75, 3.05) is 78.7 Å². The highest BCUT2D eigenvalue weighted by Gasteiger charge is 2.21. The molecule has 28 heavy (non-hydrogen) atoms. The number of phenols is 1. The standard InChI is InChI=1S/C21H36N4O3/c1-18-14-19(16-24-6-2-22(3-7-24)10-12-26)21(28)20(15-18)17-25-8-4-23(5-9-25)11-13-27/h14-15,26-28H,2-13,16-17H2,1H3. The van der Waals surface area contributed by atoms with Crippen molar-refractivity contribution in [3.05, 3.63) is 28.8 Å². The third-order valence-corrected chi connectivity index (χ3v) is 5.96. The summed E-state index contributed by atoms with van der Waals surface area (Å²) in [6.45, 7) is 13.3. The predicted molar refractivity (Wildman–Crippen MR) is 110 cm³/mol. The van der Waals surface area contributed by atoms with Crippen LogP contribution in [0.3, 0.4) is 0 Å². The summed E-state index contributed by atoms with van der Waals surface area (Å²) < 4.78 is 0. The van der Waals surface area contributed by atoms with Crippen molar-refractivity contribution in [2.24, 2.45) is 0 Å². The van der Waals surface area contributed by atoms with Crippen LogP contribution in [-0.4, -0.2) is 114 Å². The van der Waals surface area contributed by atoms with E-state index in [0.717, 1.165) is 89.7 Å². The Bertz CT molecular complexity index is 563. The van der Waals surface area contributed by atoms with Crippen LogP contribution in [0, 0.1) is 6.92 Å². The number of hydrogen-bond donors (Lipinski definition) is 3. The van der Waals surface area contributed by atoms with Crippen LogP contribution in [0.2, 0.25) is 0 Å². The summed E-state index contributed by atoms with van der Waals surface area (Å²) in [5.41, 5.74) is 3.23. The van der Waals surface area contributed by atoms with E-state index >= 15 is 0 Å². The van der Waals surface area contributed by atoms with Gasteiger partial charge in [0, 0.05) is 89.7 Å². The topological polar surface area (TPSA) is 73.7 Å². The Balaban J connectivity index is 1.58. The monoisotopic (exact) mass is 392 g/mol. The van der Waals surface area contributed by atoms with Gasteiger partial charge in [-0.3, -0.25) is 19.6 Å². The quantitative estimate of drug-likeness (QED) is 0.572. The Morgan fingerprint density at radius 3 is 1.39 bits per heavy atom. The van der Waals surface area contributed by atoms with Gasteiger partial charge in [-0.15, -0.1) is 0 Å². The van der Waals surface area contributed by atoms with Gasteiger partial charge < -0.3 is 15.3 Å². The lowest BCUT2D eigenvalue weighted by Crippen LogP contribution is -2.47. The van der Waals surface area contributed by atoms with Gasteiger partial charge in [0.25, 0.3) is 0 Å². The normalized spacial score (nSPS) is 20.7. The Morgan fingerprint density at radius 2 is 1.04 bits per heavy atom. The minimum Gasteiger partial charge on any atom is -0.507 e. The molecule has 7 heteroatoms. The van der Waals surface area contributed by atoms with E-state index < -0.39 is 0 Å². The Kier molecular flexibility index (Phi) is 8.08. The molecule has 0 saturated carbocycles. The smallest absolute Gasteiger partial charge is 0.124 e. The third kappa shape index (κ3) is 5.89. The van der Waals surface area contributed by atoms with Crippen LogP contribution >= 0.6 is 0 Å². The molecular weight excluding hydrogens is 356 g/mol. The van der Waals surface area contributed by atoms with E-state index in [9.17, 15) is 5.11 Å². The van der Waals surface area contributed by atoms with Crippen LogP contribution in [0.5, 0.6) is 5.75 Å². The first-order chi connectivity index (χ1) is 13.6. The molecule has 0 radical (unpaired) electrons. The largest absolute Gasteiger partial charge is 0.507 e. The Morgan fingerprint density at radius 1 is 0.679 bits per heavy atom. The van der Waals surface area contributed by atoms with Crippen molar-refractivity contribution in [1.82, 2.24) is 19.6 Å². The number of β-amino-alcohol motifs (C(OH)–C–C–N with tert-alkyl or cyclic N) is 2. The molecule has 158 valence electrons.